The van der Waals surface area contributed by atoms with E-state index in [2.05, 4.69) is 5.32 Å². The molecule has 3 nitrogen and oxygen atoms in total. The van der Waals surface area contributed by atoms with Gasteiger partial charge < -0.3 is 11.1 Å². The molecule has 0 spiro atoms. The van der Waals surface area contributed by atoms with Gasteiger partial charge in [-0.1, -0.05) is 0 Å². The van der Waals surface area contributed by atoms with Crippen molar-refractivity contribution in [3.8, 4) is 0 Å². The number of rotatable bonds is 6. The minimum absolute atomic E-state index is 0.128. The van der Waals surface area contributed by atoms with Gasteiger partial charge in [0.25, 0.3) is 0 Å². The van der Waals surface area contributed by atoms with Gasteiger partial charge in [-0.15, -0.1) is 0 Å². The summed E-state index contributed by atoms with van der Waals surface area (Å²) in [6, 6.07) is 3.28. The van der Waals surface area contributed by atoms with Crippen molar-refractivity contribution in [2.24, 2.45) is 11.7 Å². The fourth-order valence-corrected chi connectivity index (χ4v) is 2.40. The second-order valence-corrected chi connectivity index (χ2v) is 5.68. The lowest BCUT2D eigenvalue weighted by Gasteiger charge is -2.29. The highest BCUT2D eigenvalue weighted by atomic mass is 19.1. The average molecular weight is 282 g/mol. The quantitative estimate of drug-likeness (QED) is 0.840. The van der Waals surface area contributed by atoms with Gasteiger partial charge in [-0.25, -0.2) is 8.78 Å². The van der Waals surface area contributed by atoms with Crippen LogP contribution >= 0.6 is 0 Å². The molecule has 0 heterocycles. The van der Waals surface area contributed by atoms with Crippen LogP contribution in [0.2, 0.25) is 0 Å². The van der Waals surface area contributed by atoms with Crippen LogP contribution in [0.15, 0.2) is 18.2 Å². The van der Waals surface area contributed by atoms with Crippen LogP contribution in [-0.2, 0) is 11.2 Å². The molecule has 1 unspecified atom stereocenters. The molecule has 20 heavy (non-hydrogen) atoms. The number of carbonyl (C=O) groups is 1. The number of benzene rings is 1. The Morgan fingerprint density at radius 2 is 2.15 bits per heavy atom. The van der Waals surface area contributed by atoms with E-state index < -0.39 is 11.6 Å². The van der Waals surface area contributed by atoms with Crippen LogP contribution in [0.5, 0.6) is 0 Å². The van der Waals surface area contributed by atoms with Crippen molar-refractivity contribution in [1.82, 2.24) is 5.32 Å². The fourth-order valence-electron chi connectivity index (χ4n) is 2.40. The minimum Gasteiger partial charge on any atom is -0.349 e. The molecule has 0 aromatic heterocycles. The lowest BCUT2D eigenvalue weighted by atomic mass is 9.95. The number of aryl methyl sites for hydroxylation is 1. The van der Waals surface area contributed by atoms with Gasteiger partial charge in [0.05, 0.1) is 5.54 Å². The molecule has 1 saturated carbocycles. The van der Waals surface area contributed by atoms with Gasteiger partial charge in [0.15, 0.2) is 0 Å². The monoisotopic (exact) mass is 282 g/mol. The van der Waals surface area contributed by atoms with Gasteiger partial charge in [0, 0.05) is 13.0 Å². The maximum Gasteiger partial charge on any atom is 0.220 e. The summed E-state index contributed by atoms with van der Waals surface area (Å²) in [7, 11) is 0. The molecule has 0 saturated heterocycles. The van der Waals surface area contributed by atoms with Crippen LogP contribution in [0.4, 0.5) is 8.78 Å². The van der Waals surface area contributed by atoms with Crippen LogP contribution in [-0.4, -0.2) is 18.0 Å². The van der Waals surface area contributed by atoms with E-state index >= 15 is 0 Å². The number of halogens is 2. The first-order chi connectivity index (χ1) is 9.44. The Hall–Kier alpha value is -1.49. The Morgan fingerprint density at radius 3 is 2.75 bits per heavy atom. The molecule has 0 radical (unpaired) electrons. The summed E-state index contributed by atoms with van der Waals surface area (Å²) in [4.78, 5) is 11.9. The standard InChI is InChI=1S/C15H20F2N2O/c1-15(9-18,11-3-4-11)19-14(20)7-2-10-8-12(16)5-6-13(10)17/h5-6,8,11H,2-4,7,9,18H2,1H3,(H,19,20). The SMILES string of the molecule is CC(CN)(NC(=O)CCc1cc(F)ccc1F)C1CC1. The lowest BCUT2D eigenvalue weighted by Crippen LogP contribution is -2.53. The molecular formula is C15H20F2N2O. The van der Waals surface area contributed by atoms with Gasteiger partial charge in [-0.05, 0) is 55.9 Å². The third kappa shape index (κ3) is 3.54. The third-order valence-corrected chi connectivity index (χ3v) is 3.96. The van der Waals surface area contributed by atoms with Gasteiger partial charge in [0.2, 0.25) is 5.91 Å². The van der Waals surface area contributed by atoms with E-state index in [4.69, 9.17) is 5.73 Å². The molecule has 0 bridgehead atoms. The fraction of sp³-hybridized carbons (Fsp3) is 0.533. The van der Waals surface area contributed by atoms with Crippen LogP contribution in [0, 0.1) is 17.6 Å². The first kappa shape index (κ1) is 14.9. The smallest absolute Gasteiger partial charge is 0.220 e. The van der Waals surface area contributed by atoms with Crippen molar-refractivity contribution in [3.63, 3.8) is 0 Å². The number of carbonyl (C=O) groups excluding carboxylic acids is 1. The Labute approximate surface area is 117 Å². The maximum absolute atomic E-state index is 13.4. The molecule has 2 rings (SSSR count). The summed E-state index contributed by atoms with van der Waals surface area (Å²) >= 11 is 0. The van der Waals surface area contributed by atoms with E-state index in [1.165, 1.54) is 0 Å². The zero-order chi connectivity index (χ0) is 14.8. The first-order valence-corrected chi connectivity index (χ1v) is 6.89. The summed E-state index contributed by atoms with van der Waals surface area (Å²) < 4.78 is 26.5. The van der Waals surface area contributed by atoms with Crippen LogP contribution in [0.3, 0.4) is 0 Å². The van der Waals surface area contributed by atoms with Crippen LogP contribution in [0.1, 0.15) is 31.7 Å². The largest absolute Gasteiger partial charge is 0.349 e. The molecule has 1 aliphatic rings. The molecule has 1 aliphatic carbocycles. The Balaban J connectivity index is 1.90. The van der Waals surface area contributed by atoms with Crippen LogP contribution in [0.25, 0.3) is 0 Å². The highest BCUT2D eigenvalue weighted by Gasteiger charge is 2.41. The lowest BCUT2D eigenvalue weighted by molar-refractivity contribution is -0.123. The molecule has 1 fully saturated rings. The molecular weight excluding hydrogens is 262 g/mol. The molecule has 3 N–H and O–H groups in total. The highest BCUT2D eigenvalue weighted by Crippen LogP contribution is 2.39. The molecule has 5 heteroatoms. The van der Waals surface area contributed by atoms with E-state index in [9.17, 15) is 13.6 Å². The van der Waals surface area contributed by atoms with Crippen molar-refractivity contribution >= 4 is 5.91 Å². The highest BCUT2D eigenvalue weighted by molar-refractivity contribution is 5.77. The Bertz CT molecular complexity index is 503. The minimum atomic E-state index is -0.494. The van der Waals surface area contributed by atoms with Gasteiger partial charge in [-0.2, -0.15) is 0 Å². The maximum atomic E-state index is 13.4. The van der Waals surface area contributed by atoms with E-state index in [0.717, 1.165) is 31.0 Å². The predicted octanol–water partition coefficient (Wildman–Crippen LogP) is 2.14. The number of hydrogen-bond donors (Lipinski definition) is 2. The number of nitrogens with two attached hydrogens (primary N) is 1. The molecule has 1 aromatic rings. The normalized spacial score (nSPS) is 17.6. The Kier molecular flexibility index (Phi) is 4.38. The topological polar surface area (TPSA) is 55.1 Å². The molecule has 110 valence electrons. The molecule has 1 aromatic carbocycles. The van der Waals surface area contributed by atoms with Crippen molar-refractivity contribution in [3.05, 3.63) is 35.4 Å². The number of amides is 1. The van der Waals surface area contributed by atoms with E-state index in [1.54, 1.807) is 0 Å². The Morgan fingerprint density at radius 1 is 1.45 bits per heavy atom. The van der Waals surface area contributed by atoms with E-state index in [-0.39, 0.29) is 29.9 Å². The zero-order valence-corrected chi connectivity index (χ0v) is 11.6. The van der Waals surface area contributed by atoms with Crippen molar-refractivity contribution in [2.45, 2.75) is 38.1 Å². The van der Waals surface area contributed by atoms with Gasteiger partial charge >= 0.3 is 0 Å². The zero-order valence-electron chi connectivity index (χ0n) is 11.6. The molecule has 1 atom stereocenters. The third-order valence-electron chi connectivity index (χ3n) is 3.96. The summed E-state index contributed by atoms with van der Waals surface area (Å²) in [5.74, 6) is -0.717. The predicted molar refractivity (Wildman–Crippen MR) is 73.0 cm³/mol. The average Bonchev–Trinajstić information content (AvgIpc) is 3.24. The summed E-state index contributed by atoms with van der Waals surface area (Å²) in [6.07, 6.45) is 2.46. The first-order valence-electron chi connectivity index (χ1n) is 6.89. The second kappa shape index (κ2) is 5.87. The van der Waals surface area contributed by atoms with E-state index in [0.29, 0.717) is 12.5 Å². The van der Waals surface area contributed by atoms with Crippen LogP contribution < -0.4 is 11.1 Å². The molecule has 1 amide bonds. The van der Waals surface area contributed by atoms with E-state index in [1.807, 2.05) is 6.92 Å². The molecule has 0 aliphatic heterocycles. The summed E-state index contributed by atoms with van der Waals surface area (Å²) in [6.45, 7) is 2.32. The van der Waals surface area contributed by atoms with Crippen molar-refractivity contribution in [2.75, 3.05) is 6.54 Å². The summed E-state index contributed by atoms with van der Waals surface area (Å²) in [5, 5.41) is 2.93. The van der Waals surface area contributed by atoms with Gasteiger partial charge in [-0.3, -0.25) is 4.79 Å². The number of hydrogen-bond acceptors (Lipinski definition) is 2. The van der Waals surface area contributed by atoms with Crippen molar-refractivity contribution in [1.29, 1.82) is 0 Å². The summed E-state index contributed by atoms with van der Waals surface area (Å²) in [5.41, 5.74) is 5.57. The van der Waals surface area contributed by atoms with Crippen molar-refractivity contribution < 1.29 is 13.6 Å². The van der Waals surface area contributed by atoms with Gasteiger partial charge in [0.1, 0.15) is 11.6 Å². The second-order valence-electron chi connectivity index (χ2n) is 5.68. The number of nitrogens with one attached hydrogen (secondary N) is 1.